The van der Waals surface area contributed by atoms with Crippen LogP contribution >= 0.6 is 23.2 Å². The minimum atomic E-state index is -3.90. The van der Waals surface area contributed by atoms with E-state index in [0.29, 0.717) is 17.1 Å². The molecule has 35 heavy (non-hydrogen) atoms. The van der Waals surface area contributed by atoms with E-state index in [9.17, 15) is 13.2 Å². The number of nitrogens with zero attached hydrogens (tertiary/aromatic N) is 2. The lowest BCUT2D eigenvalue weighted by molar-refractivity contribution is -0.140. The first-order valence-corrected chi connectivity index (χ1v) is 14.6. The van der Waals surface area contributed by atoms with Gasteiger partial charge in [-0.2, -0.15) is 4.31 Å². The number of hydrogen-bond donors (Lipinski definition) is 1. The number of piperazine rings is 1. The number of nitrogens with one attached hydrogen (secondary N) is 1. The van der Waals surface area contributed by atoms with Crippen molar-refractivity contribution in [2.75, 3.05) is 52.6 Å². The number of ether oxygens (including phenoxy) is 2. The van der Waals surface area contributed by atoms with Crippen molar-refractivity contribution in [3.8, 4) is 0 Å². The van der Waals surface area contributed by atoms with Crippen LogP contribution in [0.3, 0.4) is 0 Å². The molecule has 2 aliphatic heterocycles. The molecule has 1 N–H and O–H groups in total. The van der Waals surface area contributed by atoms with E-state index in [1.807, 2.05) is 4.90 Å². The average molecular weight is 551 g/mol. The van der Waals surface area contributed by atoms with Gasteiger partial charge < -0.3 is 19.7 Å². The number of halogens is 2. The molecule has 2 saturated heterocycles. The Balaban J connectivity index is 1.60. The number of rotatable bonds is 11. The summed E-state index contributed by atoms with van der Waals surface area (Å²) in [6.07, 6.45) is 5.64. The van der Waals surface area contributed by atoms with Crippen molar-refractivity contribution in [1.29, 1.82) is 0 Å². The Labute approximate surface area is 219 Å². The first-order valence-electron chi connectivity index (χ1n) is 12.4. The third-order valence-corrected chi connectivity index (χ3v) is 9.39. The van der Waals surface area contributed by atoms with Gasteiger partial charge in [0.05, 0.1) is 30.9 Å². The molecular formula is C24H37Cl2N3O5S. The van der Waals surface area contributed by atoms with Crippen LogP contribution in [0.4, 0.5) is 0 Å². The lowest BCUT2D eigenvalue weighted by atomic mass is 10.0. The molecule has 8 nitrogen and oxygen atoms in total. The second-order valence-corrected chi connectivity index (χ2v) is 11.9. The number of morpholine rings is 1. The van der Waals surface area contributed by atoms with Gasteiger partial charge in [0.25, 0.3) is 0 Å². The van der Waals surface area contributed by atoms with E-state index >= 15 is 0 Å². The molecule has 1 aromatic rings. The molecule has 0 aliphatic carbocycles. The van der Waals surface area contributed by atoms with E-state index < -0.39 is 16.1 Å². The summed E-state index contributed by atoms with van der Waals surface area (Å²) < 4.78 is 39.5. The highest BCUT2D eigenvalue weighted by Crippen LogP contribution is 2.31. The summed E-state index contributed by atoms with van der Waals surface area (Å²) in [5.41, 5.74) is 0.626. The summed E-state index contributed by atoms with van der Waals surface area (Å²) >= 11 is 12.3. The number of carbonyl (C=O) groups is 1. The fraction of sp³-hybridized carbons (Fsp3) is 0.708. The second-order valence-electron chi connectivity index (χ2n) is 9.19. The largest absolute Gasteiger partial charge is 0.378 e. The molecule has 3 rings (SSSR count). The predicted molar refractivity (Wildman–Crippen MR) is 138 cm³/mol. The van der Waals surface area contributed by atoms with Crippen LogP contribution in [0.5, 0.6) is 0 Å². The molecule has 0 bridgehead atoms. The lowest BCUT2D eigenvalue weighted by Crippen LogP contribution is -2.55. The Hall–Kier alpha value is -0.940. The third-order valence-electron chi connectivity index (χ3n) is 6.57. The molecule has 1 aromatic carbocycles. The zero-order valence-electron chi connectivity index (χ0n) is 20.6. The van der Waals surface area contributed by atoms with Crippen LogP contribution in [0.25, 0.3) is 0 Å². The maximum Gasteiger partial charge on any atom is 0.248 e. The van der Waals surface area contributed by atoms with Crippen LogP contribution in [0.15, 0.2) is 17.0 Å². The fourth-order valence-corrected chi connectivity index (χ4v) is 6.95. The van der Waals surface area contributed by atoms with E-state index in [4.69, 9.17) is 32.7 Å². The standard InChI is InChI=1S/C24H37Cl2N3O5S/c1-3-4-5-6-7-19-14-27-8-9-28(19)24(30)17-34-16-20-15-33-11-10-29(20)35(31,32)23-12-18(2)21(25)13-22(23)26/h12-13,19-20,27H,3-11,14-17H2,1-2H3/t19?,20-/m0/s1. The van der Waals surface area contributed by atoms with Crippen LogP contribution in [0.2, 0.25) is 10.0 Å². The topological polar surface area (TPSA) is 88.2 Å². The van der Waals surface area contributed by atoms with Crippen molar-refractivity contribution in [3.63, 3.8) is 0 Å². The number of carbonyl (C=O) groups excluding carboxylic acids is 1. The highest BCUT2D eigenvalue weighted by atomic mass is 35.5. The first-order chi connectivity index (χ1) is 16.8. The van der Waals surface area contributed by atoms with Gasteiger partial charge in [-0.1, -0.05) is 55.8 Å². The molecule has 2 fully saturated rings. The molecule has 0 spiro atoms. The normalized spacial score (nSPS) is 21.9. The van der Waals surface area contributed by atoms with E-state index in [2.05, 4.69) is 12.2 Å². The quantitative estimate of drug-likeness (QED) is 0.425. The number of aryl methyl sites for hydroxylation is 1. The molecule has 1 unspecified atom stereocenters. The zero-order chi connectivity index (χ0) is 25.4. The minimum Gasteiger partial charge on any atom is -0.378 e. The summed E-state index contributed by atoms with van der Waals surface area (Å²) in [4.78, 5) is 14.9. The lowest BCUT2D eigenvalue weighted by Gasteiger charge is -2.37. The molecule has 0 aromatic heterocycles. The van der Waals surface area contributed by atoms with Crippen molar-refractivity contribution < 1.29 is 22.7 Å². The van der Waals surface area contributed by atoms with Gasteiger partial charge >= 0.3 is 0 Å². The van der Waals surface area contributed by atoms with E-state index in [1.54, 1.807) is 6.92 Å². The van der Waals surface area contributed by atoms with Gasteiger partial charge in [0.1, 0.15) is 11.5 Å². The maximum atomic E-state index is 13.4. The molecule has 11 heteroatoms. The maximum absolute atomic E-state index is 13.4. The molecule has 2 aliphatic rings. The number of sulfonamides is 1. The summed E-state index contributed by atoms with van der Waals surface area (Å²) in [5, 5.41) is 3.86. The molecule has 1 amide bonds. The summed E-state index contributed by atoms with van der Waals surface area (Å²) in [5.74, 6) is -0.0607. The minimum absolute atomic E-state index is 0.00998. The van der Waals surface area contributed by atoms with Crippen molar-refractivity contribution >= 4 is 39.1 Å². The predicted octanol–water partition coefficient (Wildman–Crippen LogP) is 3.48. The Bertz CT molecular complexity index is 963. The van der Waals surface area contributed by atoms with Crippen LogP contribution in [0.1, 0.15) is 44.6 Å². The van der Waals surface area contributed by atoms with Gasteiger partial charge in [-0.3, -0.25) is 4.79 Å². The Morgan fingerprint density at radius 1 is 1.17 bits per heavy atom. The highest BCUT2D eigenvalue weighted by molar-refractivity contribution is 7.89. The second kappa shape index (κ2) is 13.6. The fourth-order valence-electron chi connectivity index (χ4n) is 4.56. The van der Waals surface area contributed by atoms with Gasteiger partial charge in [-0.25, -0.2) is 8.42 Å². The van der Waals surface area contributed by atoms with Crippen LogP contribution in [-0.2, 0) is 24.3 Å². The monoisotopic (exact) mass is 549 g/mol. The van der Waals surface area contributed by atoms with Crippen LogP contribution < -0.4 is 5.32 Å². The van der Waals surface area contributed by atoms with Crippen molar-refractivity contribution in [2.45, 2.75) is 62.9 Å². The van der Waals surface area contributed by atoms with E-state index in [0.717, 1.165) is 25.9 Å². The Morgan fingerprint density at radius 3 is 2.74 bits per heavy atom. The van der Waals surface area contributed by atoms with Crippen LogP contribution in [-0.4, -0.2) is 88.2 Å². The van der Waals surface area contributed by atoms with E-state index in [-0.39, 0.29) is 54.8 Å². The smallest absolute Gasteiger partial charge is 0.248 e. The highest BCUT2D eigenvalue weighted by Gasteiger charge is 2.36. The molecule has 0 saturated carbocycles. The molecule has 198 valence electrons. The number of benzene rings is 1. The van der Waals surface area contributed by atoms with Gasteiger partial charge in [0, 0.05) is 37.2 Å². The van der Waals surface area contributed by atoms with Crippen molar-refractivity contribution in [3.05, 3.63) is 27.7 Å². The molecule has 0 radical (unpaired) electrons. The SMILES string of the molecule is CCCCCCC1CNCCN1C(=O)COC[C@@H]1COCCN1S(=O)(=O)c1cc(C)c(Cl)cc1Cl. The van der Waals surface area contributed by atoms with E-state index in [1.165, 1.54) is 35.7 Å². The van der Waals surface area contributed by atoms with Crippen molar-refractivity contribution in [2.24, 2.45) is 0 Å². The number of hydrogen-bond acceptors (Lipinski definition) is 6. The number of unbranched alkanes of at least 4 members (excludes halogenated alkanes) is 3. The number of amides is 1. The van der Waals surface area contributed by atoms with Gasteiger partial charge in [-0.15, -0.1) is 0 Å². The third kappa shape index (κ3) is 7.53. The van der Waals surface area contributed by atoms with Gasteiger partial charge in [0.2, 0.25) is 15.9 Å². The summed E-state index contributed by atoms with van der Waals surface area (Å²) in [7, 11) is -3.90. The summed E-state index contributed by atoms with van der Waals surface area (Å²) in [6, 6.07) is 2.55. The molecule has 2 heterocycles. The Morgan fingerprint density at radius 2 is 1.97 bits per heavy atom. The van der Waals surface area contributed by atoms with Gasteiger partial charge in [0.15, 0.2) is 0 Å². The molecule has 2 atom stereocenters. The van der Waals surface area contributed by atoms with Crippen LogP contribution in [0, 0.1) is 6.92 Å². The van der Waals surface area contributed by atoms with Gasteiger partial charge in [-0.05, 0) is 31.0 Å². The summed E-state index contributed by atoms with van der Waals surface area (Å²) in [6.45, 7) is 6.74. The van der Waals surface area contributed by atoms with Crippen molar-refractivity contribution in [1.82, 2.24) is 14.5 Å². The molecular weight excluding hydrogens is 513 g/mol. The zero-order valence-corrected chi connectivity index (χ0v) is 22.9. The first kappa shape index (κ1) is 28.6. The Kier molecular flexibility index (Phi) is 11.1. The average Bonchev–Trinajstić information content (AvgIpc) is 2.84.